The van der Waals surface area contributed by atoms with Crippen LogP contribution < -0.4 is 5.32 Å². The van der Waals surface area contributed by atoms with Gasteiger partial charge in [0.15, 0.2) is 0 Å². The van der Waals surface area contributed by atoms with Gasteiger partial charge in [0.2, 0.25) is 5.91 Å². The van der Waals surface area contributed by atoms with Crippen LogP contribution >= 0.6 is 0 Å². The van der Waals surface area contributed by atoms with Crippen molar-refractivity contribution in [1.82, 2.24) is 14.9 Å². The largest absolute Gasteiger partial charge is 0.352 e. The molecular formula is C22H24FN3O. The first-order valence-corrected chi connectivity index (χ1v) is 9.12. The average Bonchev–Trinajstić information content (AvgIpc) is 3.16. The van der Waals surface area contributed by atoms with E-state index < -0.39 is 0 Å². The van der Waals surface area contributed by atoms with Gasteiger partial charge in [-0.2, -0.15) is 0 Å². The molecule has 3 aromatic rings. The Morgan fingerprint density at radius 1 is 1.11 bits per heavy atom. The molecule has 0 aliphatic carbocycles. The molecule has 1 N–H and O–H groups in total. The maximum Gasteiger partial charge on any atom is 0.224 e. The van der Waals surface area contributed by atoms with Crippen molar-refractivity contribution in [3.8, 4) is 5.69 Å². The minimum atomic E-state index is -0.347. The van der Waals surface area contributed by atoms with E-state index in [0.717, 1.165) is 17.5 Å². The Labute approximate surface area is 159 Å². The Balaban J connectivity index is 1.54. The number of halogens is 1. The van der Waals surface area contributed by atoms with Gasteiger partial charge in [0.1, 0.15) is 5.82 Å². The van der Waals surface area contributed by atoms with Gasteiger partial charge in [0.05, 0.1) is 18.4 Å². The topological polar surface area (TPSA) is 46.9 Å². The van der Waals surface area contributed by atoms with E-state index in [1.807, 2.05) is 12.1 Å². The first-order valence-electron chi connectivity index (χ1n) is 9.12. The second-order valence-corrected chi connectivity index (χ2v) is 7.12. The second kappa shape index (κ2) is 8.62. The van der Waals surface area contributed by atoms with Gasteiger partial charge >= 0.3 is 0 Å². The van der Waals surface area contributed by atoms with Crippen LogP contribution in [0.3, 0.4) is 0 Å². The molecule has 0 radical (unpaired) electrons. The van der Waals surface area contributed by atoms with E-state index in [4.69, 9.17) is 0 Å². The van der Waals surface area contributed by atoms with E-state index in [9.17, 15) is 9.18 Å². The van der Waals surface area contributed by atoms with Crippen LogP contribution in [0.1, 0.15) is 30.5 Å². The molecule has 0 spiro atoms. The molecule has 1 heterocycles. The summed E-state index contributed by atoms with van der Waals surface area (Å²) in [7, 11) is 0. The highest BCUT2D eigenvalue weighted by molar-refractivity contribution is 5.78. The summed E-state index contributed by atoms with van der Waals surface area (Å²) in [4.78, 5) is 16.1. The molecule has 27 heavy (non-hydrogen) atoms. The van der Waals surface area contributed by atoms with Crippen LogP contribution in [0.2, 0.25) is 0 Å². The van der Waals surface area contributed by atoms with E-state index >= 15 is 0 Å². The molecule has 1 aromatic heterocycles. The average molecular weight is 365 g/mol. The van der Waals surface area contributed by atoms with Crippen LogP contribution in [0, 0.1) is 11.7 Å². The maximum atomic E-state index is 14.3. The first kappa shape index (κ1) is 18.8. The summed E-state index contributed by atoms with van der Waals surface area (Å²) in [6.45, 7) is 4.67. The Kier molecular flexibility index (Phi) is 6.01. The van der Waals surface area contributed by atoms with Gasteiger partial charge in [0.25, 0.3) is 0 Å². The van der Waals surface area contributed by atoms with Crippen LogP contribution in [-0.2, 0) is 24.2 Å². The van der Waals surface area contributed by atoms with Gasteiger partial charge in [0, 0.05) is 18.9 Å². The quantitative estimate of drug-likeness (QED) is 0.686. The Morgan fingerprint density at radius 2 is 1.81 bits per heavy atom. The molecule has 1 amide bonds. The number of imidazole rings is 1. The van der Waals surface area contributed by atoms with E-state index in [2.05, 4.69) is 36.3 Å². The summed E-state index contributed by atoms with van der Waals surface area (Å²) in [6, 6.07) is 13.1. The number of hydrogen-bond donors (Lipinski definition) is 1. The fourth-order valence-electron chi connectivity index (χ4n) is 2.98. The molecule has 3 rings (SSSR count). The van der Waals surface area contributed by atoms with Crippen LogP contribution in [0.15, 0.2) is 61.2 Å². The van der Waals surface area contributed by atoms with Crippen molar-refractivity contribution in [1.29, 1.82) is 0 Å². The number of carbonyl (C=O) groups is 1. The summed E-state index contributed by atoms with van der Waals surface area (Å²) in [5.41, 5.74) is 3.41. The van der Waals surface area contributed by atoms with Crippen molar-refractivity contribution in [3.05, 3.63) is 83.7 Å². The normalized spacial score (nSPS) is 11.0. The van der Waals surface area contributed by atoms with Crippen molar-refractivity contribution in [2.75, 3.05) is 0 Å². The van der Waals surface area contributed by atoms with Crippen molar-refractivity contribution in [2.45, 2.75) is 33.2 Å². The summed E-state index contributed by atoms with van der Waals surface area (Å²) in [5, 5.41) is 2.85. The second-order valence-electron chi connectivity index (χ2n) is 7.12. The number of carbonyl (C=O) groups excluding carboxylic acids is 1. The summed E-state index contributed by atoms with van der Waals surface area (Å²) in [6.07, 6.45) is 6.19. The standard InChI is InChI=1S/C22H24FN3O/c1-16(2)11-17-3-5-18(6-4-17)13-22(27)25-14-19-7-8-21(20(23)12-19)26-10-9-24-15-26/h3-10,12,15-16H,11,13-14H2,1-2H3,(H,25,27). The highest BCUT2D eigenvalue weighted by Gasteiger charge is 2.08. The summed E-state index contributed by atoms with van der Waals surface area (Å²) >= 11 is 0. The number of hydrogen-bond acceptors (Lipinski definition) is 2. The molecule has 4 nitrogen and oxygen atoms in total. The zero-order chi connectivity index (χ0) is 19.2. The number of benzene rings is 2. The highest BCUT2D eigenvalue weighted by atomic mass is 19.1. The van der Waals surface area contributed by atoms with Gasteiger partial charge in [-0.15, -0.1) is 0 Å². The number of amides is 1. The minimum absolute atomic E-state index is 0.0781. The third-order valence-electron chi connectivity index (χ3n) is 4.32. The van der Waals surface area contributed by atoms with E-state index in [-0.39, 0.29) is 11.7 Å². The maximum absolute atomic E-state index is 14.3. The molecule has 140 valence electrons. The SMILES string of the molecule is CC(C)Cc1ccc(CC(=O)NCc2ccc(-n3ccnc3)c(F)c2)cc1. The molecule has 0 bridgehead atoms. The van der Waals surface area contributed by atoms with E-state index in [1.54, 1.807) is 35.4 Å². The predicted octanol–water partition coefficient (Wildman–Crippen LogP) is 4.07. The Morgan fingerprint density at radius 3 is 2.44 bits per heavy atom. The first-order chi connectivity index (χ1) is 13.0. The van der Waals surface area contributed by atoms with Crippen molar-refractivity contribution >= 4 is 5.91 Å². The molecule has 0 aliphatic rings. The summed E-state index contributed by atoms with van der Waals surface area (Å²) < 4.78 is 15.9. The fourth-order valence-corrected chi connectivity index (χ4v) is 2.98. The van der Waals surface area contributed by atoms with Crippen LogP contribution in [-0.4, -0.2) is 15.5 Å². The monoisotopic (exact) mass is 365 g/mol. The fraction of sp³-hybridized carbons (Fsp3) is 0.273. The molecule has 0 atom stereocenters. The molecule has 0 unspecified atom stereocenters. The van der Waals surface area contributed by atoms with Crippen LogP contribution in [0.25, 0.3) is 5.69 Å². The zero-order valence-corrected chi connectivity index (χ0v) is 15.7. The van der Waals surface area contributed by atoms with Gasteiger partial charge in [-0.05, 0) is 41.2 Å². The number of nitrogens with zero attached hydrogens (tertiary/aromatic N) is 2. The number of aromatic nitrogens is 2. The van der Waals surface area contributed by atoms with Crippen molar-refractivity contribution in [3.63, 3.8) is 0 Å². The smallest absolute Gasteiger partial charge is 0.224 e. The highest BCUT2D eigenvalue weighted by Crippen LogP contribution is 2.15. The lowest BCUT2D eigenvalue weighted by Crippen LogP contribution is -2.24. The van der Waals surface area contributed by atoms with Gasteiger partial charge in [-0.25, -0.2) is 9.37 Å². The van der Waals surface area contributed by atoms with Gasteiger partial charge in [-0.3, -0.25) is 4.79 Å². The Bertz CT molecular complexity index is 886. The number of rotatable bonds is 7. The Hall–Kier alpha value is -2.95. The third-order valence-corrected chi connectivity index (χ3v) is 4.32. The van der Waals surface area contributed by atoms with Gasteiger partial charge < -0.3 is 9.88 Å². The zero-order valence-electron chi connectivity index (χ0n) is 15.7. The van der Waals surface area contributed by atoms with Crippen LogP contribution in [0.4, 0.5) is 4.39 Å². The molecule has 0 saturated carbocycles. The third kappa shape index (κ3) is 5.26. The molecule has 2 aromatic carbocycles. The lowest BCUT2D eigenvalue weighted by Gasteiger charge is -2.09. The minimum Gasteiger partial charge on any atom is -0.352 e. The van der Waals surface area contributed by atoms with Crippen molar-refractivity contribution < 1.29 is 9.18 Å². The van der Waals surface area contributed by atoms with E-state index in [0.29, 0.717) is 24.6 Å². The summed E-state index contributed by atoms with van der Waals surface area (Å²) in [5.74, 6) is 0.186. The van der Waals surface area contributed by atoms with Crippen LogP contribution in [0.5, 0.6) is 0 Å². The lowest BCUT2D eigenvalue weighted by atomic mass is 10.0. The van der Waals surface area contributed by atoms with E-state index in [1.165, 1.54) is 11.6 Å². The molecule has 0 fully saturated rings. The molecule has 0 saturated heterocycles. The molecular weight excluding hydrogens is 341 g/mol. The lowest BCUT2D eigenvalue weighted by molar-refractivity contribution is -0.120. The van der Waals surface area contributed by atoms with Crippen molar-refractivity contribution in [2.24, 2.45) is 5.92 Å². The van der Waals surface area contributed by atoms with Gasteiger partial charge in [-0.1, -0.05) is 44.2 Å². The molecule has 5 heteroatoms. The number of nitrogens with one attached hydrogen (secondary N) is 1. The predicted molar refractivity (Wildman–Crippen MR) is 104 cm³/mol. The molecule has 0 aliphatic heterocycles.